The second-order valence-corrected chi connectivity index (χ2v) is 8.09. The van der Waals surface area contributed by atoms with Crippen LogP contribution in [0.1, 0.15) is 31.0 Å². The first-order chi connectivity index (χ1) is 14.5. The molecule has 0 saturated carbocycles. The van der Waals surface area contributed by atoms with Crippen LogP contribution in [0.5, 0.6) is 0 Å². The summed E-state index contributed by atoms with van der Waals surface area (Å²) >= 11 is 7.33. The Morgan fingerprint density at radius 3 is 2.73 bits per heavy atom. The molecule has 152 valence electrons. The third-order valence-corrected chi connectivity index (χ3v) is 5.92. The van der Waals surface area contributed by atoms with Gasteiger partial charge in [-0.15, -0.1) is 0 Å². The summed E-state index contributed by atoms with van der Waals surface area (Å²) in [6, 6.07) is 10.1. The predicted molar refractivity (Wildman–Crippen MR) is 116 cm³/mol. The van der Waals surface area contributed by atoms with Crippen LogP contribution in [0.3, 0.4) is 0 Å². The van der Waals surface area contributed by atoms with Crippen LogP contribution < -0.4 is 14.9 Å². The number of pyridine rings is 1. The highest BCUT2D eigenvalue weighted by molar-refractivity contribution is 7.07. The normalized spacial score (nSPS) is 16.2. The number of fused-ring (bicyclic) bond motifs is 1. The topological polar surface area (TPSA) is 73.6 Å². The van der Waals surface area contributed by atoms with Crippen LogP contribution in [0.2, 0.25) is 5.02 Å². The molecule has 0 bridgehead atoms. The van der Waals surface area contributed by atoms with Gasteiger partial charge in [-0.25, -0.2) is 9.79 Å². The van der Waals surface area contributed by atoms with Crippen molar-refractivity contribution in [2.45, 2.75) is 19.9 Å². The van der Waals surface area contributed by atoms with E-state index in [0.29, 0.717) is 25.6 Å². The highest BCUT2D eigenvalue weighted by atomic mass is 35.5. The Morgan fingerprint density at radius 1 is 1.30 bits per heavy atom. The van der Waals surface area contributed by atoms with Crippen LogP contribution in [0.4, 0.5) is 0 Å². The molecule has 0 saturated heterocycles. The second-order valence-electron chi connectivity index (χ2n) is 6.64. The summed E-state index contributed by atoms with van der Waals surface area (Å²) in [6.07, 6.45) is 5.14. The number of rotatable bonds is 4. The number of ether oxygens (including phenoxy) is 1. The van der Waals surface area contributed by atoms with Crippen molar-refractivity contribution in [3.63, 3.8) is 0 Å². The maximum absolute atomic E-state index is 13.4. The minimum atomic E-state index is -0.645. The molecule has 0 radical (unpaired) electrons. The van der Waals surface area contributed by atoms with Gasteiger partial charge in [-0.3, -0.25) is 14.3 Å². The lowest BCUT2D eigenvalue weighted by molar-refractivity contribution is -0.139. The van der Waals surface area contributed by atoms with Gasteiger partial charge in [0.1, 0.15) is 0 Å². The van der Waals surface area contributed by atoms with E-state index in [-0.39, 0.29) is 12.2 Å². The lowest BCUT2D eigenvalue weighted by Gasteiger charge is -2.24. The first-order valence-corrected chi connectivity index (χ1v) is 10.5. The van der Waals surface area contributed by atoms with Gasteiger partial charge in [0, 0.05) is 17.4 Å². The number of esters is 1. The molecular formula is C22H18ClN3O3S. The molecule has 1 atom stereocenters. The zero-order valence-electron chi connectivity index (χ0n) is 16.3. The molecule has 0 fully saturated rings. The lowest BCUT2D eigenvalue weighted by atomic mass is 9.96. The Balaban J connectivity index is 1.96. The Kier molecular flexibility index (Phi) is 5.65. The molecule has 3 aromatic rings. The zero-order valence-corrected chi connectivity index (χ0v) is 17.9. The lowest BCUT2D eigenvalue weighted by Crippen LogP contribution is -2.39. The van der Waals surface area contributed by atoms with Gasteiger partial charge in [0.2, 0.25) is 0 Å². The summed E-state index contributed by atoms with van der Waals surface area (Å²) in [7, 11) is 0. The number of halogens is 1. The number of allylic oxidation sites excluding steroid dienone is 1. The fourth-order valence-corrected chi connectivity index (χ4v) is 4.54. The van der Waals surface area contributed by atoms with Crippen LogP contribution in [0.25, 0.3) is 6.08 Å². The van der Waals surface area contributed by atoms with Crippen molar-refractivity contribution >= 4 is 35.0 Å². The molecule has 30 heavy (non-hydrogen) atoms. The van der Waals surface area contributed by atoms with Gasteiger partial charge < -0.3 is 4.74 Å². The van der Waals surface area contributed by atoms with Crippen LogP contribution in [-0.4, -0.2) is 22.1 Å². The van der Waals surface area contributed by atoms with Crippen LogP contribution in [0.15, 0.2) is 69.8 Å². The van der Waals surface area contributed by atoms with E-state index in [1.54, 1.807) is 49.0 Å². The molecular weight excluding hydrogens is 422 g/mol. The Bertz CT molecular complexity index is 1310. The molecule has 0 spiro atoms. The first-order valence-electron chi connectivity index (χ1n) is 9.34. The summed E-state index contributed by atoms with van der Waals surface area (Å²) in [5.41, 5.74) is 2.22. The van der Waals surface area contributed by atoms with Gasteiger partial charge in [-0.05, 0) is 49.2 Å². The van der Waals surface area contributed by atoms with Crippen LogP contribution >= 0.6 is 22.9 Å². The highest BCUT2D eigenvalue weighted by Gasteiger charge is 2.33. The van der Waals surface area contributed by atoms with E-state index < -0.39 is 12.0 Å². The van der Waals surface area contributed by atoms with E-state index in [0.717, 1.165) is 11.1 Å². The molecule has 3 heterocycles. The van der Waals surface area contributed by atoms with E-state index in [9.17, 15) is 9.59 Å². The first kappa shape index (κ1) is 20.3. The minimum Gasteiger partial charge on any atom is -0.463 e. The van der Waals surface area contributed by atoms with Crippen molar-refractivity contribution in [2.75, 3.05) is 6.61 Å². The van der Waals surface area contributed by atoms with Gasteiger partial charge in [0.25, 0.3) is 5.56 Å². The summed E-state index contributed by atoms with van der Waals surface area (Å²) in [5.74, 6) is -0.486. The quantitative estimate of drug-likeness (QED) is 0.586. The summed E-state index contributed by atoms with van der Waals surface area (Å²) in [4.78, 5) is 35.3. The van der Waals surface area contributed by atoms with Crippen molar-refractivity contribution in [3.05, 3.63) is 95.9 Å². The maximum atomic E-state index is 13.4. The number of nitrogens with zero attached hydrogens (tertiary/aromatic N) is 3. The maximum Gasteiger partial charge on any atom is 0.338 e. The van der Waals surface area contributed by atoms with Crippen LogP contribution in [0, 0.1) is 0 Å². The number of aromatic nitrogens is 2. The number of hydrogen-bond donors (Lipinski definition) is 0. The number of carbonyl (C=O) groups excluding carboxylic acids is 1. The fourth-order valence-electron chi connectivity index (χ4n) is 3.36. The van der Waals surface area contributed by atoms with Crippen molar-refractivity contribution in [3.8, 4) is 0 Å². The monoisotopic (exact) mass is 439 g/mol. The predicted octanol–water partition coefficient (Wildman–Crippen LogP) is 2.85. The molecule has 4 rings (SSSR count). The van der Waals surface area contributed by atoms with E-state index >= 15 is 0 Å². The van der Waals surface area contributed by atoms with Gasteiger partial charge in [0.15, 0.2) is 4.80 Å². The van der Waals surface area contributed by atoms with Gasteiger partial charge in [0.05, 0.1) is 28.5 Å². The van der Waals surface area contributed by atoms with E-state index in [2.05, 4.69) is 9.98 Å². The molecule has 6 nitrogen and oxygen atoms in total. The average molecular weight is 440 g/mol. The van der Waals surface area contributed by atoms with E-state index in [1.165, 1.54) is 11.3 Å². The summed E-state index contributed by atoms with van der Waals surface area (Å²) < 4.78 is 7.34. The Hall–Kier alpha value is -3.03. The number of carbonyl (C=O) groups is 1. The van der Waals surface area contributed by atoms with Crippen molar-refractivity contribution in [2.24, 2.45) is 4.99 Å². The molecule has 0 N–H and O–H groups in total. The zero-order chi connectivity index (χ0) is 21.3. The third-order valence-electron chi connectivity index (χ3n) is 4.68. The highest BCUT2D eigenvalue weighted by Crippen LogP contribution is 2.31. The molecule has 2 aromatic heterocycles. The molecule has 0 amide bonds. The fraction of sp³-hybridized carbons (Fsp3) is 0.182. The molecule has 0 unspecified atom stereocenters. The number of thiazole rings is 1. The molecule has 8 heteroatoms. The van der Waals surface area contributed by atoms with Gasteiger partial charge in [-0.1, -0.05) is 41.1 Å². The molecule has 1 aliphatic heterocycles. The van der Waals surface area contributed by atoms with Gasteiger partial charge in [-0.2, -0.15) is 0 Å². The second kappa shape index (κ2) is 8.38. The summed E-state index contributed by atoms with van der Waals surface area (Å²) in [6.45, 7) is 3.73. The molecule has 1 aromatic carbocycles. The average Bonchev–Trinajstić information content (AvgIpc) is 3.03. The van der Waals surface area contributed by atoms with E-state index in [1.807, 2.05) is 24.3 Å². The summed E-state index contributed by atoms with van der Waals surface area (Å²) in [5, 5.41) is 0.570. The van der Waals surface area contributed by atoms with E-state index in [4.69, 9.17) is 16.3 Å². The smallest absolute Gasteiger partial charge is 0.338 e. The third kappa shape index (κ3) is 3.74. The minimum absolute atomic E-state index is 0.225. The molecule has 0 aliphatic carbocycles. The molecule has 1 aliphatic rings. The largest absolute Gasteiger partial charge is 0.463 e. The van der Waals surface area contributed by atoms with Crippen molar-refractivity contribution < 1.29 is 9.53 Å². The number of hydrogen-bond acceptors (Lipinski definition) is 6. The van der Waals surface area contributed by atoms with Crippen molar-refractivity contribution in [1.29, 1.82) is 0 Å². The van der Waals surface area contributed by atoms with Crippen molar-refractivity contribution in [1.82, 2.24) is 9.55 Å². The Labute approximate surface area is 181 Å². The van der Waals surface area contributed by atoms with Gasteiger partial charge >= 0.3 is 5.97 Å². The standard InChI is InChI=1S/C22H18ClN3O3S/c1-3-29-21(28)18-13(2)25-22-26(19(18)15-6-8-16(23)9-7-15)20(27)17(30-22)11-14-5-4-10-24-12-14/h4-12,19H,3H2,1-2H3/b17-11-/t19-/m0/s1. The van der Waals surface area contributed by atoms with Crippen LogP contribution in [-0.2, 0) is 9.53 Å². The Morgan fingerprint density at radius 2 is 2.07 bits per heavy atom. The number of benzene rings is 1. The SMILES string of the molecule is CCOC(=O)C1=C(C)N=c2s/c(=C\c3cccnc3)c(=O)n2[C@H]1c1ccc(Cl)cc1.